The molecule has 0 saturated heterocycles. The van der Waals surface area contributed by atoms with Gasteiger partial charge in [0, 0.05) is 23.9 Å². The Morgan fingerprint density at radius 1 is 0.958 bits per heavy atom. The highest BCUT2D eigenvalue weighted by Crippen LogP contribution is 2.13. The van der Waals surface area contributed by atoms with Gasteiger partial charge in [-0.2, -0.15) is 5.90 Å². The first kappa shape index (κ1) is 18.7. The number of anilines is 2. The zero-order chi connectivity index (χ0) is 17.9. The summed E-state index contributed by atoms with van der Waals surface area (Å²) in [4.78, 5) is 35.7. The molecule has 24 heavy (non-hydrogen) atoms. The zero-order valence-electron chi connectivity index (χ0n) is 13.0. The Morgan fingerprint density at radius 2 is 1.46 bits per heavy atom. The van der Waals surface area contributed by atoms with Crippen LogP contribution in [0.2, 0.25) is 0 Å². The highest BCUT2D eigenvalue weighted by Gasteiger charge is 1.95. The first-order valence-corrected chi connectivity index (χ1v) is 6.80. The van der Waals surface area contributed by atoms with Crippen LogP contribution in [0.4, 0.5) is 16.2 Å². The van der Waals surface area contributed by atoms with E-state index in [-0.39, 0.29) is 5.91 Å². The molecule has 6 N–H and O–H groups in total. The Hall–Kier alpha value is -3.39. The van der Waals surface area contributed by atoms with Crippen molar-refractivity contribution in [3.8, 4) is 5.75 Å². The third kappa shape index (κ3) is 7.05. The van der Waals surface area contributed by atoms with E-state index in [4.69, 9.17) is 11.6 Å². The van der Waals surface area contributed by atoms with E-state index in [1.54, 1.807) is 48.5 Å². The number of hydrogen-bond donors (Lipinski definition) is 4. The number of primary amides is 1. The summed E-state index contributed by atoms with van der Waals surface area (Å²) < 4.78 is 0. The molecule has 0 aliphatic carbocycles. The van der Waals surface area contributed by atoms with Gasteiger partial charge in [0.2, 0.25) is 5.91 Å². The SMILES string of the molecule is CC(=O)Nc1ccc(ON)cc1.NC(=O)Nc1ccc(C=O)cc1. The summed E-state index contributed by atoms with van der Waals surface area (Å²) in [5, 5.41) is 5.00. The monoisotopic (exact) mass is 330 g/mol. The fraction of sp³-hybridized carbons (Fsp3) is 0.0625. The highest BCUT2D eigenvalue weighted by atomic mass is 16.6. The molecule has 0 spiro atoms. The second-order valence-electron chi connectivity index (χ2n) is 4.55. The number of carbonyl (C=O) groups excluding carboxylic acids is 3. The van der Waals surface area contributed by atoms with Gasteiger partial charge in [-0.3, -0.25) is 9.59 Å². The predicted octanol–water partition coefficient (Wildman–Crippen LogP) is 1.89. The van der Waals surface area contributed by atoms with Crippen LogP contribution in [-0.2, 0) is 4.79 Å². The molecule has 0 unspecified atom stereocenters. The van der Waals surface area contributed by atoms with Gasteiger partial charge < -0.3 is 21.2 Å². The van der Waals surface area contributed by atoms with E-state index in [0.29, 0.717) is 17.0 Å². The maximum absolute atomic E-state index is 10.6. The lowest BCUT2D eigenvalue weighted by molar-refractivity contribution is -0.114. The molecule has 126 valence electrons. The molecule has 0 aliphatic rings. The molecule has 2 rings (SSSR count). The van der Waals surface area contributed by atoms with Crippen molar-refractivity contribution in [3.63, 3.8) is 0 Å². The Morgan fingerprint density at radius 3 is 1.88 bits per heavy atom. The molecule has 0 bridgehead atoms. The van der Waals surface area contributed by atoms with Crippen molar-refractivity contribution in [1.29, 1.82) is 0 Å². The van der Waals surface area contributed by atoms with Crippen molar-refractivity contribution in [2.24, 2.45) is 11.6 Å². The van der Waals surface area contributed by atoms with E-state index in [0.717, 1.165) is 12.0 Å². The molecule has 0 heterocycles. The van der Waals surface area contributed by atoms with Crippen LogP contribution >= 0.6 is 0 Å². The summed E-state index contributed by atoms with van der Waals surface area (Å²) in [7, 11) is 0. The van der Waals surface area contributed by atoms with E-state index in [9.17, 15) is 14.4 Å². The Bertz CT molecular complexity index is 684. The molecule has 8 nitrogen and oxygen atoms in total. The van der Waals surface area contributed by atoms with Gasteiger partial charge in [0.25, 0.3) is 0 Å². The topological polar surface area (TPSA) is 137 Å². The lowest BCUT2D eigenvalue weighted by Crippen LogP contribution is -2.19. The van der Waals surface area contributed by atoms with Gasteiger partial charge in [0.05, 0.1) is 0 Å². The van der Waals surface area contributed by atoms with Gasteiger partial charge in [-0.1, -0.05) is 0 Å². The zero-order valence-corrected chi connectivity index (χ0v) is 13.0. The van der Waals surface area contributed by atoms with Gasteiger partial charge in [-0.05, 0) is 48.5 Å². The molecule has 0 atom stereocenters. The minimum absolute atomic E-state index is 0.101. The fourth-order valence-electron chi connectivity index (χ4n) is 1.61. The average molecular weight is 330 g/mol. The number of amides is 3. The molecular weight excluding hydrogens is 312 g/mol. The minimum Gasteiger partial charge on any atom is -0.412 e. The van der Waals surface area contributed by atoms with Crippen LogP contribution in [0.25, 0.3) is 0 Å². The van der Waals surface area contributed by atoms with Crippen molar-refractivity contribution in [2.75, 3.05) is 10.6 Å². The minimum atomic E-state index is -0.617. The molecule has 0 saturated carbocycles. The van der Waals surface area contributed by atoms with Crippen molar-refractivity contribution in [3.05, 3.63) is 54.1 Å². The van der Waals surface area contributed by atoms with E-state index in [1.807, 2.05) is 0 Å². The molecule has 3 amide bonds. The lowest BCUT2D eigenvalue weighted by Gasteiger charge is -2.02. The summed E-state index contributed by atoms with van der Waals surface area (Å²) in [6, 6.07) is 12.6. The molecule has 0 aliphatic heterocycles. The van der Waals surface area contributed by atoms with E-state index in [2.05, 4.69) is 15.5 Å². The van der Waals surface area contributed by atoms with Gasteiger partial charge in [-0.25, -0.2) is 4.79 Å². The van der Waals surface area contributed by atoms with E-state index >= 15 is 0 Å². The number of urea groups is 1. The fourth-order valence-corrected chi connectivity index (χ4v) is 1.61. The third-order valence-electron chi connectivity index (χ3n) is 2.63. The molecule has 0 aromatic heterocycles. The quantitative estimate of drug-likeness (QED) is 0.501. The van der Waals surface area contributed by atoms with Crippen molar-refractivity contribution in [1.82, 2.24) is 0 Å². The second-order valence-corrected chi connectivity index (χ2v) is 4.55. The standard InChI is InChI=1S/C8H10N2O2.C8H8N2O2/c1-6(11)10-7-2-4-8(12-9)5-3-7;9-8(12)10-7-3-1-6(5-11)2-4-7/h2-5H,9H2,1H3,(H,10,11);1-5H,(H3,9,10,12). The third-order valence-corrected chi connectivity index (χ3v) is 2.63. The van der Waals surface area contributed by atoms with Crippen molar-refractivity contribution < 1.29 is 19.2 Å². The number of rotatable bonds is 4. The van der Waals surface area contributed by atoms with Crippen LogP contribution in [0.15, 0.2) is 48.5 Å². The molecule has 2 aromatic rings. The first-order valence-electron chi connectivity index (χ1n) is 6.80. The number of aldehydes is 1. The smallest absolute Gasteiger partial charge is 0.316 e. The van der Waals surface area contributed by atoms with Gasteiger partial charge >= 0.3 is 6.03 Å². The average Bonchev–Trinajstić information content (AvgIpc) is 2.56. The normalized spacial score (nSPS) is 9.08. The van der Waals surface area contributed by atoms with Crippen LogP contribution in [0.1, 0.15) is 17.3 Å². The first-order chi connectivity index (χ1) is 11.4. The van der Waals surface area contributed by atoms with Crippen LogP contribution in [-0.4, -0.2) is 18.2 Å². The summed E-state index contributed by atoms with van der Waals surface area (Å²) >= 11 is 0. The number of carbonyl (C=O) groups is 3. The summed E-state index contributed by atoms with van der Waals surface area (Å²) in [5.41, 5.74) is 6.74. The maximum atomic E-state index is 10.6. The Labute approximate surface area is 138 Å². The Balaban J connectivity index is 0.000000240. The Kier molecular flexibility index (Phi) is 7.46. The molecular formula is C16H18N4O4. The summed E-state index contributed by atoms with van der Waals surface area (Å²) in [6.45, 7) is 1.45. The van der Waals surface area contributed by atoms with Gasteiger partial charge in [0.1, 0.15) is 12.0 Å². The van der Waals surface area contributed by atoms with E-state index < -0.39 is 6.03 Å². The van der Waals surface area contributed by atoms with Crippen molar-refractivity contribution >= 4 is 29.6 Å². The van der Waals surface area contributed by atoms with Crippen LogP contribution in [0.3, 0.4) is 0 Å². The van der Waals surface area contributed by atoms with Gasteiger partial charge in [0.15, 0.2) is 0 Å². The summed E-state index contributed by atoms with van der Waals surface area (Å²) in [5.74, 6) is 5.37. The van der Waals surface area contributed by atoms with E-state index in [1.165, 1.54) is 6.92 Å². The molecule has 8 heteroatoms. The largest absolute Gasteiger partial charge is 0.412 e. The number of hydrogen-bond acceptors (Lipinski definition) is 5. The number of nitrogens with one attached hydrogen (secondary N) is 2. The molecule has 0 radical (unpaired) electrons. The number of benzene rings is 2. The van der Waals surface area contributed by atoms with Crippen LogP contribution in [0, 0.1) is 0 Å². The number of nitrogens with two attached hydrogens (primary N) is 2. The molecule has 2 aromatic carbocycles. The predicted molar refractivity (Wildman–Crippen MR) is 90.6 cm³/mol. The summed E-state index contributed by atoms with van der Waals surface area (Å²) in [6.07, 6.45) is 0.730. The van der Waals surface area contributed by atoms with Crippen LogP contribution in [0.5, 0.6) is 5.75 Å². The van der Waals surface area contributed by atoms with Crippen LogP contribution < -0.4 is 27.1 Å². The molecule has 0 fully saturated rings. The van der Waals surface area contributed by atoms with Crippen molar-refractivity contribution in [2.45, 2.75) is 6.92 Å². The lowest BCUT2D eigenvalue weighted by atomic mass is 10.2. The van der Waals surface area contributed by atoms with Gasteiger partial charge in [-0.15, -0.1) is 0 Å². The highest BCUT2D eigenvalue weighted by molar-refractivity contribution is 5.89. The second kappa shape index (κ2) is 9.59. The maximum Gasteiger partial charge on any atom is 0.316 e.